The second kappa shape index (κ2) is 4.05. The van der Waals surface area contributed by atoms with Gasteiger partial charge in [-0.05, 0) is 24.6 Å². The number of rotatable bonds is 2. The molecule has 2 rings (SSSR count). The summed E-state index contributed by atoms with van der Waals surface area (Å²) in [7, 11) is 0. The van der Waals surface area contributed by atoms with Crippen molar-refractivity contribution in [3.63, 3.8) is 0 Å². The molecule has 1 atom stereocenters. The molecule has 0 bridgehead atoms. The molecule has 0 aliphatic rings. The lowest BCUT2D eigenvalue weighted by Crippen LogP contribution is -2.06. The van der Waals surface area contributed by atoms with Crippen LogP contribution in [0.3, 0.4) is 0 Å². The molecule has 0 saturated heterocycles. The van der Waals surface area contributed by atoms with Crippen molar-refractivity contribution >= 4 is 34.2 Å². The van der Waals surface area contributed by atoms with E-state index in [0.717, 1.165) is 17.6 Å². The van der Waals surface area contributed by atoms with Gasteiger partial charge in [-0.2, -0.15) is 0 Å². The van der Waals surface area contributed by atoms with Gasteiger partial charge in [0.1, 0.15) is 5.76 Å². The Morgan fingerprint density at radius 1 is 1.33 bits per heavy atom. The first-order valence-electron chi connectivity index (χ1n) is 4.76. The molecule has 0 spiro atoms. The molecule has 0 saturated carbocycles. The second-order valence-electron chi connectivity index (χ2n) is 3.44. The Kier molecular flexibility index (Phi) is 2.91. The fraction of sp³-hybridized carbons (Fsp3) is 0.273. The number of benzene rings is 1. The molecule has 0 aliphatic carbocycles. The normalized spacial score (nSPS) is 13.3. The molecule has 1 aromatic heterocycles. The van der Waals surface area contributed by atoms with Crippen molar-refractivity contribution in [3.05, 3.63) is 34.0 Å². The average Bonchev–Trinajstić information content (AvgIpc) is 2.68. The minimum absolute atomic E-state index is 0.107. The summed E-state index contributed by atoms with van der Waals surface area (Å²) >= 11 is 12.0. The molecular weight excluding hydrogens is 233 g/mol. The van der Waals surface area contributed by atoms with Crippen molar-refractivity contribution in [2.45, 2.75) is 19.4 Å². The lowest BCUT2D eigenvalue weighted by Gasteiger charge is -2.02. The van der Waals surface area contributed by atoms with Crippen molar-refractivity contribution in [2.24, 2.45) is 5.73 Å². The third-order valence-corrected chi connectivity index (χ3v) is 3.03. The van der Waals surface area contributed by atoms with E-state index in [1.165, 1.54) is 0 Å². The van der Waals surface area contributed by atoms with Gasteiger partial charge in [0, 0.05) is 5.39 Å². The predicted molar refractivity (Wildman–Crippen MR) is 63.5 cm³/mol. The van der Waals surface area contributed by atoms with Crippen molar-refractivity contribution in [3.8, 4) is 0 Å². The molecule has 15 heavy (non-hydrogen) atoms. The van der Waals surface area contributed by atoms with E-state index in [0.29, 0.717) is 15.6 Å². The lowest BCUT2D eigenvalue weighted by molar-refractivity contribution is 0.488. The van der Waals surface area contributed by atoms with Crippen LogP contribution < -0.4 is 5.73 Å². The van der Waals surface area contributed by atoms with Gasteiger partial charge in [0.05, 0.1) is 16.1 Å². The van der Waals surface area contributed by atoms with Gasteiger partial charge in [-0.1, -0.05) is 30.1 Å². The van der Waals surface area contributed by atoms with Crippen LogP contribution in [0.4, 0.5) is 0 Å². The highest BCUT2D eigenvalue weighted by molar-refractivity contribution is 6.39. The van der Waals surface area contributed by atoms with Crippen LogP contribution in [0.2, 0.25) is 10.0 Å². The highest BCUT2D eigenvalue weighted by Gasteiger charge is 2.14. The third kappa shape index (κ3) is 1.85. The minimum Gasteiger partial charge on any atom is -0.458 e. The number of fused-ring (bicyclic) bond motifs is 1. The molecule has 80 valence electrons. The molecule has 0 aliphatic heterocycles. The SMILES string of the molecule is CCC(N)c1cc2c(Cl)ccc(Cl)c2o1. The molecule has 0 amide bonds. The van der Waals surface area contributed by atoms with Crippen LogP contribution in [-0.2, 0) is 0 Å². The number of nitrogens with two attached hydrogens (primary N) is 1. The van der Waals surface area contributed by atoms with Crippen molar-refractivity contribution < 1.29 is 4.42 Å². The van der Waals surface area contributed by atoms with Crippen LogP contribution >= 0.6 is 23.2 Å². The fourth-order valence-corrected chi connectivity index (χ4v) is 1.87. The standard InChI is InChI=1S/C11H11Cl2NO/c1-2-9(14)10-5-6-7(12)3-4-8(13)11(6)15-10/h3-5,9H,2,14H2,1H3. The second-order valence-corrected chi connectivity index (χ2v) is 4.25. The molecule has 0 fully saturated rings. The Hall–Kier alpha value is -0.700. The first kappa shape index (κ1) is 10.8. The molecule has 4 heteroatoms. The van der Waals surface area contributed by atoms with Crippen molar-refractivity contribution in [2.75, 3.05) is 0 Å². The van der Waals surface area contributed by atoms with Crippen LogP contribution in [0.5, 0.6) is 0 Å². The van der Waals surface area contributed by atoms with Gasteiger partial charge in [0.2, 0.25) is 0 Å². The van der Waals surface area contributed by atoms with Crippen LogP contribution in [0.15, 0.2) is 22.6 Å². The number of halogens is 2. The summed E-state index contributed by atoms with van der Waals surface area (Å²) in [5.74, 6) is 0.725. The fourth-order valence-electron chi connectivity index (χ4n) is 1.46. The highest BCUT2D eigenvalue weighted by atomic mass is 35.5. The first-order valence-corrected chi connectivity index (χ1v) is 5.52. The zero-order chi connectivity index (χ0) is 11.0. The highest BCUT2D eigenvalue weighted by Crippen LogP contribution is 2.34. The van der Waals surface area contributed by atoms with Gasteiger partial charge in [0.25, 0.3) is 0 Å². The van der Waals surface area contributed by atoms with Crippen LogP contribution in [0, 0.1) is 0 Å². The summed E-state index contributed by atoms with van der Waals surface area (Å²) in [5, 5.41) is 2.01. The van der Waals surface area contributed by atoms with E-state index in [1.807, 2.05) is 13.0 Å². The molecular formula is C11H11Cl2NO. The number of furan rings is 1. The summed E-state index contributed by atoms with van der Waals surface area (Å²) in [4.78, 5) is 0. The van der Waals surface area contributed by atoms with Gasteiger partial charge in [-0.25, -0.2) is 0 Å². The van der Waals surface area contributed by atoms with Gasteiger partial charge in [0.15, 0.2) is 5.58 Å². The van der Waals surface area contributed by atoms with Crippen molar-refractivity contribution in [1.29, 1.82) is 0 Å². The van der Waals surface area contributed by atoms with E-state index in [1.54, 1.807) is 12.1 Å². The third-order valence-electron chi connectivity index (χ3n) is 2.41. The molecule has 2 nitrogen and oxygen atoms in total. The molecule has 2 N–H and O–H groups in total. The Morgan fingerprint density at radius 3 is 2.60 bits per heavy atom. The van der Waals surface area contributed by atoms with Gasteiger partial charge in [-0.3, -0.25) is 0 Å². The Morgan fingerprint density at radius 2 is 2.00 bits per heavy atom. The van der Waals surface area contributed by atoms with Crippen LogP contribution in [-0.4, -0.2) is 0 Å². The van der Waals surface area contributed by atoms with E-state index < -0.39 is 0 Å². The minimum atomic E-state index is -0.107. The molecule has 1 aromatic carbocycles. The predicted octanol–water partition coefficient (Wildman–Crippen LogP) is 4.15. The maximum absolute atomic E-state index is 6.03. The van der Waals surface area contributed by atoms with Crippen LogP contribution in [0.25, 0.3) is 11.0 Å². The van der Waals surface area contributed by atoms with E-state index in [4.69, 9.17) is 33.4 Å². The summed E-state index contributed by atoms with van der Waals surface area (Å²) in [5.41, 5.74) is 6.49. The summed E-state index contributed by atoms with van der Waals surface area (Å²) < 4.78 is 5.59. The Bertz CT molecular complexity index is 454. The topological polar surface area (TPSA) is 39.2 Å². The van der Waals surface area contributed by atoms with E-state index in [2.05, 4.69) is 0 Å². The van der Waals surface area contributed by atoms with E-state index in [9.17, 15) is 0 Å². The molecule has 1 heterocycles. The first-order chi connectivity index (χ1) is 7.13. The average molecular weight is 244 g/mol. The largest absolute Gasteiger partial charge is 0.458 e. The molecule has 1 unspecified atom stereocenters. The Balaban J connectivity index is 2.64. The van der Waals surface area contributed by atoms with E-state index in [-0.39, 0.29) is 6.04 Å². The summed E-state index contributed by atoms with van der Waals surface area (Å²) in [6, 6.07) is 5.22. The van der Waals surface area contributed by atoms with Gasteiger partial charge < -0.3 is 10.2 Å². The Labute approximate surface area is 97.9 Å². The molecule has 2 aromatic rings. The van der Waals surface area contributed by atoms with Gasteiger partial charge in [-0.15, -0.1) is 0 Å². The van der Waals surface area contributed by atoms with Gasteiger partial charge >= 0.3 is 0 Å². The zero-order valence-corrected chi connectivity index (χ0v) is 9.77. The summed E-state index contributed by atoms with van der Waals surface area (Å²) in [6.45, 7) is 2.00. The number of hydrogen-bond donors (Lipinski definition) is 1. The number of hydrogen-bond acceptors (Lipinski definition) is 2. The summed E-state index contributed by atoms with van der Waals surface area (Å²) in [6.07, 6.45) is 0.815. The molecule has 0 radical (unpaired) electrons. The zero-order valence-electron chi connectivity index (χ0n) is 8.26. The maximum atomic E-state index is 6.03. The van der Waals surface area contributed by atoms with E-state index >= 15 is 0 Å². The smallest absolute Gasteiger partial charge is 0.154 e. The monoisotopic (exact) mass is 243 g/mol. The lowest BCUT2D eigenvalue weighted by atomic mass is 10.2. The quantitative estimate of drug-likeness (QED) is 0.861. The van der Waals surface area contributed by atoms with Crippen LogP contribution in [0.1, 0.15) is 25.1 Å². The maximum Gasteiger partial charge on any atom is 0.154 e. The van der Waals surface area contributed by atoms with Crippen molar-refractivity contribution in [1.82, 2.24) is 0 Å².